The third-order valence-corrected chi connectivity index (χ3v) is 5.67. The first-order valence-corrected chi connectivity index (χ1v) is 9.56. The molecular weight excluding hydrogens is 296 g/mol. The summed E-state index contributed by atoms with van der Waals surface area (Å²) < 4.78 is 31.0. The average molecular weight is 316 g/mol. The van der Waals surface area contributed by atoms with Crippen molar-refractivity contribution in [2.24, 2.45) is 11.3 Å². The van der Waals surface area contributed by atoms with Crippen molar-refractivity contribution in [3.63, 3.8) is 0 Å². The fourth-order valence-corrected chi connectivity index (χ4v) is 4.44. The van der Waals surface area contributed by atoms with Crippen molar-refractivity contribution >= 4 is 21.4 Å². The lowest BCUT2D eigenvalue weighted by atomic mass is 9.81. The van der Waals surface area contributed by atoms with Gasteiger partial charge in [0.15, 0.2) is 0 Å². The Bertz CT molecular complexity index is 558. The van der Waals surface area contributed by atoms with Gasteiger partial charge in [-0.1, -0.05) is 0 Å². The predicted molar refractivity (Wildman–Crippen MR) is 79.2 cm³/mol. The second-order valence-corrected chi connectivity index (χ2v) is 8.58. The van der Waals surface area contributed by atoms with Crippen molar-refractivity contribution in [3.8, 4) is 0 Å². The van der Waals surface area contributed by atoms with Crippen molar-refractivity contribution in [1.82, 2.24) is 9.62 Å². The van der Waals surface area contributed by atoms with E-state index in [1.54, 1.807) is 11.3 Å². The first kappa shape index (κ1) is 14.5. The summed E-state index contributed by atoms with van der Waals surface area (Å²) in [6.07, 6.45) is 1.21. The minimum Gasteiger partial charge on any atom is -0.380 e. The number of nitrogens with one attached hydrogen (secondary N) is 1. The van der Waals surface area contributed by atoms with E-state index in [0.29, 0.717) is 19.1 Å². The zero-order valence-electron chi connectivity index (χ0n) is 11.5. The monoisotopic (exact) mass is 316 g/mol. The molecule has 0 bridgehead atoms. The highest BCUT2D eigenvalue weighted by Gasteiger charge is 2.50. The van der Waals surface area contributed by atoms with Crippen LogP contribution in [0.25, 0.3) is 0 Å². The van der Waals surface area contributed by atoms with Gasteiger partial charge in [0.1, 0.15) is 0 Å². The number of ether oxygens (including phenoxy) is 1. The minimum atomic E-state index is -3.15. The van der Waals surface area contributed by atoms with E-state index < -0.39 is 10.0 Å². The summed E-state index contributed by atoms with van der Waals surface area (Å²) in [6.45, 7) is 4.71. The first-order valence-electron chi connectivity index (χ1n) is 6.73. The Morgan fingerprint density at radius 3 is 3.15 bits per heavy atom. The number of nitrogens with zero attached hydrogens (tertiary/aromatic N) is 1. The highest BCUT2D eigenvalue weighted by atomic mass is 32.2. The molecule has 2 fully saturated rings. The van der Waals surface area contributed by atoms with Crippen LogP contribution in [0.3, 0.4) is 0 Å². The van der Waals surface area contributed by atoms with Crippen LogP contribution in [0.15, 0.2) is 16.8 Å². The molecule has 0 aromatic carbocycles. The highest BCUT2D eigenvalue weighted by Crippen LogP contribution is 2.41. The molecule has 20 heavy (non-hydrogen) atoms. The van der Waals surface area contributed by atoms with Crippen LogP contribution in [-0.4, -0.2) is 52.4 Å². The maximum absolute atomic E-state index is 11.3. The predicted octanol–water partition coefficient (Wildman–Crippen LogP) is 0.746. The normalized spacial score (nSPS) is 30.8. The molecule has 1 N–H and O–H groups in total. The number of likely N-dealkylation sites (tertiary alicyclic amines) is 1. The van der Waals surface area contributed by atoms with Gasteiger partial charge >= 0.3 is 0 Å². The number of hydrogen-bond acceptors (Lipinski definition) is 5. The van der Waals surface area contributed by atoms with E-state index in [4.69, 9.17) is 4.74 Å². The molecule has 1 aromatic heterocycles. The molecule has 2 aliphatic heterocycles. The Morgan fingerprint density at radius 1 is 1.60 bits per heavy atom. The molecule has 2 saturated heterocycles. The van der Waals surface area contributed by atoms with Crippen LogP contribution in [0.5, 0.6) is 0 Å². The van der Waals surface area contributed by atoms with Crippen LogP contribution in [-0.2, 0) is 21.3 Å². The summed E-state index contributed by atoms with van der Waals surface area (Å²) >= 11 is 1.71. The molecule has 0 saturated carbocycles. The summed E-state index contributed by atoms with van der Waals surface area (Å²) in [5.41, 5.74) is 1.28. The summed E-state index contributed by atoms with van der Waals surface area (Å²) in [6, 6.07) is 2.15. The smallest absolute Gasteiger partial charge is 0.208 e. The molecular formula is C13H20N2O3S2. The largest absolute Gasteiger partial charge is 0.380 e. The van der Waals surface area contributed by atoms with Crippen LogP contribution < -0.4 is 4.72 Å². The van der Waals surface area contributed by atoms with Crippen molar-refractivity contribution in [2.75, 3.05) is 39.1 Å². The molecule has 2 atom stereocenters. The molecule has 0 spiro atoms. The highest BCUT2D eigenvalue weighted by molar-refractivity contribution is 7.88. The van der Waals surface area contributed by atoms with Gasteiger partial charge in [0.2, 0.25) is 10.0 Å². The molecule has 1 aromatic rings. The lowest BCUT2D eigenvalue weighted by Crippen LogP contribution is -2.42. The summed E-state index contributed by atoms with van der Waals surface area (Å²) in [4.78, 5) is 2.42. The van der Waals surface area contributed by atoms with E-state index in [2.05, 4.69) is 26.4 Å². The molecule has 3 heterocycles. The summed E-state index contributed by atoms with van der Waals surface area (Å²) in [5.74, 6) is 0.426. The van der Waals surface area contributed by atoms with Gasteiger partial charge in [-0.05, 0) is 22.4 Å². The third kappa shape index (κ3) is 3.07. The quantitative estimate of drug-likeness (QED) is 0.871. The third-order valence-electron chi connectivity index (χ3n) is 4.26. The van der Waals surface area contributed by atoms with E-state index in [1.165, 1.54) is 11.8 Å². The Balaban J connectivity index is 1.67. The Kier molecular flexibility index (Phi) is 3.89. The first-order chi connectivity index (χ1) is 9.47. The van der Waals surface area contributed by atoms with Gasteiger partial charge < -0.3 is 4.74 Å². The van der Waals surface area contributed by atoms with Gasteiger partial charge in [0.25, 0.3) is 0 Å². The van der Waals surface area contributed by atoms with Gasteiger partial charge in [0, 0.05) is 37.5 Å². The Labute approximate surface area is 124 Å². The number of fused-ring (bicyclic) bond motifs is 1. The van der Waals surface area contributed by atoms with E-state index >= 15 is 0 Å². The lowest BCUT2D eigenvalue weighted by molar-refractivity contribution is 0.128. The van der Waals surface area contributed by atoms with Crippen LogP contribution in [0.1, 0.15) is 5.56 Å². The number of thiophene rings is 1. The van der Waals surface area contributed by atoms with Crippen molar-refractivity contribution in [2.45, 2.75) is 6.54 Å². The zero-order chi connectivity index (χ0) is 14.2. The van der Waals surface area contributed by atoms with Crippen LogP contribution >= 0.6 is 11.3 Å². The van der Waals surface area contributed by atoms with Gasteiger partial charge in [-0.2, -0.15) is 11.3 Å². The van der Waals surface area contributed by atoms with Crippen molar-refractivity contribution in [3.05, 3.63) is 22.4 Å². The minimum absolute atomic E-state index is 0.0564. The SMILES string of the molecule is CS(=O)(=O)NC[C@@]12COC[C@@H]1CN(Cc1ccsc1)C2. The molecule has 2 aliphatic rings. The molecule has 0 unspecified atom stereocenters. The summed E-state index contributed by atoms with van der Waals surface area (Å²) in [7, 11) is -3.15. The molecule has 0 aliphatic carbocycles. The molecule has 5 nitrogen and oxygen atoms in total. The lowest BCUT2D eigenvalue weighted by Gasteiger charge is -2.27. The van der Waals surface area contributed by atoms with E-state index in [-0.39, 0.29) is 5.41 Å². The van der Waals surface area contributed by atoms with Crippen LogP contribution in [0.4, 0.5) is 0 Å². The fourth-order valence-electron chi connectivity index (χ4n) is 3.23. The molecule has 7 heteroatoms. The van der Waals surface area contributed by atoms with Gasteiger partial charge in [0.05, 0.1) is 19.5 Å². The van der Waals surface area contributed by atoms with Gasteiger partial charge in [-0.25, -0.2) is 13.1 Å². The van der Waals surface area contributed by atoms with E-state index in [9.17, 15) is 8.42 Å². The molecule has 112 valence electrons. The second kappa shape index (κ2) is 5.38. The van der Waals surface area contributed by atoms with Crippen LogP contribution in [0, 0.1) is 11.3 Å². The number of sulfonamides is 1. The molecule has 0 amide bonds. The average Bonchev–Trinajstić information content (AvgIpc) is 3.01. The topological polar surface area (TPSA) is 58.6 Å². The van der Waals surface area contributed by atoms with Crippen molar-refractivity contribution in [1.29, 1.82) is 0 Å². The fraction of sp³-hybridized carbons (Fsp3) is 0.692. The molecule has 0 radical (unpaired) electrons. The Hall–Kier alpha value is -0.470. The van der Waals surface area contributed by atoms with Crippen molar-refractivity contribution < 1.29 is 13.2 Å². The maximum atomic E-state index is 11.3. The standard InChI is InChI=1S/C13H20N2O3S2/c1-20(16,17)14-8-13-9-15(4-11-2-3-19-7-11)5-12(13)6-18-10-13/h2-3,7,12,14H,4-6,8-10H2,1H3/t12-,13+/m0/s1. The van der Waals surface area contributed by atoms with Gasteiger partial charge in [-0.15, -0.1) is 0 Å². The van der Waals surface area contributed by atoms with E-state index in [1.807, 2.05) is 0 Å². The summed E-state index contributed by atoms with van der Waals surface area (Å²) in [5, 5.41) is 4.27. The molecule has 3 rings (SSSR count). The zero-order valence-corrected chi connectivity index (χ0v) is 13.2. The van der Waals surface area contributed by atoms with Gasteiger partial charge in [-0.3, -0.25) is 4.90 Å². The van der Waals surface area contributed by atoms with E-state index in [0.717, 1.165) is 26.2 Å². The number of hydrogen-bond donors (Lipinski definition) is 1. The van der Waals surface area contributed by atoms with Crippen LogP contribution in [0.2, 0.25) is 0 Å². The number of rotatable bonds is 5. The maximum Gasteiger partial charge on any atom is 0.208 e. The second-order valence-electron chi connectivity index (χ2n) is 5.97. The Morgan fingerprint density at radius 2 is 2.45 bits per heavy atom.